The predicted molar refractivity (Wildman–Crippen MR) is 234 cm³/mol. The van der Waals surface area contributed by atoms with Gasteiger partial charge in [0, 0.05) is 5.92 Å². The van der Waals surface area contributed by atoms with Crippen molar-refractivity contribution in [2.24, 2.45) is 11.3 Å². The molecule has 0 aromatic heterocycles. The lowest BCUT2D eigenvalue weighted by atomic mass is 9.66. The smallest absolute Gasteiger partial charge is 0.335 e. The fourth-order valence-corrected chi connectivity index (χ4v) is 10.3. The SMILES string of the molecule is CCCCCCCCCCCCCCCCCCC(CCCCCCCCCCCCCCCCCC)(C1=CC(C)C(O)(C(C)(C)C)C=C1)P(=O)(O)O. The van der Waals surface area contributed by atoms with Crippen LogP contribution in [0.25, 0.3) is 0 Å². The van der Waals surface area contributed by atoms with Crippen LogP contribution in [0.4, 0.5) is 0 Å². The molecule has 4 nitrogen and oxygen atoms in total. The maximum absolute atomic E-state index is 13.6. The highest BCUT2D eigenvalue weighted by Gasteiger charge is 2.51. The molecule has 2 atom stereocenters. The largest absolute Gasteiger partial charge is 0.385 e. The third kappa shape index (κ3) is 21.1. The number of unbranched alkanes of at least 4 members (excludes halogenated alkanes) is 30. The second kappa shape index (κ2) is 29.8. The van der Waals surface area contributed by atoms with Gasteiger partial charge in [-0.2, -0.15) is 0 Å². The molecule has 0 aromatic carbocycles. The molecular formula is C48H93O4P. The minimum atomic E-state index is -4.47. The Labute approximate surface area is 331 Å². The van der Waals surface area contributed by atoms with Gasteiger partial charge in [0.2, 0.25) is 0 Å². The third-order valence-corrected chi connectivity index (χ3v) is 14.6. The fraction of sp³-hybridized carbons (Fsp3) is 0.917. The van der Waals surface area contributed by atoms with Gasteiger partial charge in [-0.1, -0.05) is 265 Å². The maximum atomic E-state index is 13.6. The molecule has 53 heavy (non-hydrogen) atoms. The van der Waals surface area contributed by atoms with Gasteiger partial charge in [0.05, 0.1) is 10.8 Å². The van der Waals surface area contributed by atoms with E-state index in [9.17, 15) is 19.5 Å². The van der Waals surface area contributed by atoms with Crippen LogP contribution in [0, 0.1) is 11.3 Å². The van der Waals surface area contributed by atoms with Gasteiger partial charge >= 0.3 is 7.60 Å². The first-order valence-electron chi connectivity index (χ1n) is 23.5. The van der Waals surface area contributed by atoms with E-state index in [1.807, 2.05) is 45.9 Å². The molecular weight excluding hydrogens is 671 g/mol. The van der Waals surface area contributed by atoms with Crippen LogP contribution in [0.5, 0.6) is 0 Å². The number of allylic oxidation sites excluding steroid dienone is 2. The van der Waals surface area contributed by atoms with Gasteiger partial charge in [0.1, 0.15) is 0 Å². The van der Waals surface area contributed by atoms with Gasteiger partial charge < -0.3 is 14.9 Å². The molecule has 5 heteroatoms. The molecule has 3 N–H and O–H groups in total. The summed E-state index contributed by atoms with van der Waals surface area (Å²) in [6, 6.07) is 0. The van der Waals surface area contributed by atoms with E-state index in [0.29, 0.717) is 12.8 Å². The molecule has 1 rings (SSSR count). The Morgan fingerprint density at radius 2 is 0.792 bits per heavy atom. The zero-order valence-corrected chi connectivity index (χ0v) is 37.4. The van der Waals surface area contributed by atoms with E-state index in [0.717, 1.165) is 44.1 Å². The van der Waals surface area contributed by atoms with Gasteiger partial charge in [0.25, 0.3) is 0 Å². The summed E-state index contributed by atoms with van der Waals surface area (Å²) in [5.74, 6) is -0.218. The lowest BCUT2D eigenvalue weighted by Gasteiger charge is -2.46. The summed E-state index contributed by atoms with van der Waals surface area (Å²) in [4.78, 5) is 22.2. The van der Waals surface area contributed by atoms with E-state index in [1.54, 1.807) is 0 Å². The molecule has 0 aromatic rings. The van der Waals surface area contributed by atoms with E-state index >= 15 is 0 Å². The Balaban J connectivity index is 2.54. The molecule has 0 saturated carbocycles. The zero-order chi connectivity index (χ0) is 39.3. The summed E-state index contributed by atoms with van der Waals surface area (Å²) in [7, 11) is -4.47. The first-order chi connectivity index (χ1) is 25.4. The first kappa shape index (κ1) is 50.6. The Morgan fingerprint density at radius 3 is 1.02 bits per heavy atom. The van der Waals surface area contributed by atoms with Gasteiger partial charge in [-0.25, -0.2) is 0 Å². The molecule has 1 aliphatic rings. The van der Waals surface area contributed by atoms with Gasteiger partial charge in [-0.3, -0.25) is 4.57 Å². The minimum absolute atomic E-state index is 0.218. The van der Waals surface area contributed by atoms with Crippen molar-refractivity contribution >= 4 is 7.60 Å². The number of hydrogen-bond donors (Lipinski definition) is 3. The zero-order valence-electron chi connectivity index (χ0n) is 36.5. The summed E-state index contributed by atoms with van der Waals surface area (Å²) in [6.07, 6.45) is 48.1. The molecule has 0 fully saturated rings. The van der Waals surface area contributed by atoms with E-state index in [-0.39, 0.29) is 11.3 Å². The van der Waals surface area contributed by atoms with E-state index < -0.39 is 18.4 Å². The van der Waals surface area contributed by atoms with Crippen molar-refractivity contribution < 1.29 is 19.5 Å². The molecule has 1 aliphatic carbocycles. The number of aliphatic hydroxyl groups is 1. The molecule has 2 unspecified atom stereocenters. The van der Waals surface area contributed by atoms with E-state index in [4.69, 9.17) is 0 Å². The molecule has 0 amide bonds. The first-order valence-corrected chi connectivity index (χ1v) is 25.2. The lowest BCUT2D eigenvalue weighted by Crippen LogP contribution is -2.48. The Bertz CT molecular complexity index is 939. The average Bonchev–Trinajstić information content (AvgIpc) is 3.10. The molecule has 314 valence electrons. The van der Waals surface area contributed by atoms with Gasteiger partial charge in [0.15, 0.2) is 0 Å². The fourth-order valence-electron chi connectivity index (χ4n) is 8.87. The second-order valence-electron chi connectivity index (χ2n) is 18.5. The van der Waals surface area contributed by atoms with Crippen LogP contribution in [-0.2, 0) is 4.57 Å². The van der Waals surface area contributed by atoms with Crippen LogP contribution in [0.2, 0.25) is 0 Å². The van der Waals surface area contributed by atoms with Crippen LogP contribution >= 0.6 is 7.60 Å². The monoisotopic (exact) mass is 765 g/mol. The predicted octanol–water partition coefficient (Wildman–Crippen LogP) is 16.1. The van der Waals surface area contributed by atoms with Crippen LogP contribution in [-0.4, -0.2) is 25.7 Å². The van der Waals surface area contributed by atoms with Crippen molar-refractivity contribution in [1.82, 2.24) is 0 Å². The van der Waals surface area contributed by atoms with Crippen molar-refractivity contribution in [3.05, 3.63) is 23.8 Å². The minimum Gasteiger partial charge on any atom is -0.385 e. The number of rotatable bonds is 36. The van der Waals surface area contributed by atoms with Crippen LogP contribution in [0.15, 0.2) is 23.8 Å². The Hall–Kier alpha value is -0.410. The molecule has 0 bridgehead atoms. The molecule has 0 spiro atoms. The highest BCUT2D eigenvalue weighted by molar-refractivity contribution is 7.54. The standard InChI is InChI=1S/C48H93O4P/c1-7-9-11-13-15-17-19-21-23-25-27-29-31-33-35-37-40-47(53(50,51)52,45-39-42-48(49,44(3)43-45)46(4,5)6)41-38-36-34-32-30-28-26-24-22-20-18-16-14-12-10-8-2/h39,42-44,49H,7-38,40-41H2,1-6H3,(H2,50,51,52). The van der Waals surface area contributed by atoms with Crippen LogP contribution < -0.4 is 0 Å². The molecule has 0 radical (unpaired) electrons. The Morgan fingerprint density at radius 1 is 0.528 bits per heavy atom. The quantitative estimate of drug-likeness (QED) is 0.0438. The molecule has 0 heterocycles. The molecule has 0 saturated heterocycles. The normalized spacial score (nSPS) is 18.2. The van der Waals surface area contributed by atoms with E-state index in [1.165, 1.54) is 167 Å². The van der Waals surface area contributed by atoms with Crippen molar-refractivity contribution in [2.45, 2.75) is 271 Å². The molecule has 0 aliphatic heterocycles. The summed E-state index contributed by atoms with van der Waals surface area (Å²) in [5.41, 5.74) is -0.661. The van der Waals surface area contributed by atoms with E-state index in [2.05, 4.69) is 13.8 Å². The summed E-state index contributed by atoms with van der Waals surface area (Å²) in [6.45, 7) is 12.7. The highest BCUT2D eigenvalue weighted by Crippen LogP contribution is 2.61. The number of hydrogen-bond acceptors (Lipinski definition) is 2. The van der Waals surface area contributed by atoms with Crippen molar-refractivity contribution in [1.29, 1.82) is 0 Å². The second-order valence-corrected chi connectivity index (χ2v) is 20.4. The van der Waals surface area contributed by atoms with Crippen LogP contribution in [0.1, 0.15) is 260 Å². The van der Waals surface area contributed by atoms with Crippen molar-refractivity contribution in [2.75, 3.05) is 0 Å². The third-order valence-electron chi connectivity index (χ3n) is 12.8. The highest BCUT2D eigenvalue weighted by atomic mass is 31.2. The van der Waals surface area contributed by atoms with Crippen molar-refractivity contribution in [3.8, 4) is 0 Å². The van der Waals surface area contributed by atoms with Crippen LogP contribution in [0.3, 0.4) is 0 Å². The van der Waals surface area contributed by atoms with Crippen molar-refractivity contribution in [3.63, 3.8) is 0 Å². The van der Waals surface area contributed by atoms with Gasteiger partial charge in [-0.05, 0) is 23.8 Å². The summed E-state index contributed by atoms with van der Waals surface area (Å²) < 4.78 is 13.6. The summed E-state index contributed by atoms with van der Waals surface area (Å²) >= 11 is 0. The maximum Gasteiger partial charge on any atom is 0.335 e. The topological polar surface area (TPSA) is 77.8 Å². The average molecular weight is 765 g/mol. The van der Waals surface area contributed by atoms with Gasteiger partial charge in [-0.15, -0.1) is 0 Å². The Kier molecular flexibility index (Phi) is 28.4. The summed E-state index contributed by atoms with van der Waals surface area (Å²) in [5, 5.41) is 10.4. The lowest BCUT2D eigenvalue weighted by molar-refractivity contribution is -0.0445.